The van der Waals surface area contributed by atoms with Gasteiger partial charge in [-0.1, -0.05) is 0 Å². The van der Waals surface area contributed by atoms with Crippen molar-refractivity contribution in [2.24, 2.45) is 0 Å². The number of benzene rings is 1. The van der Waals surface area contributed by atoms with Crippen LogP contribution in [0.15, 0.2) is 18.2 Å². The van der Waals surface area contributed by atoms with Gasteiger partial charge in [-0.15, -0.1) is 0 Å². The quantitative estimate of drug-likeness (QED) is 0.738. The Morgan fingerprint density at radius 3 is 2.88 bits per heavy atom. The van der Waals surface area contributed by atoms with Crippen molar-refractivity contribution in [3.63, 3.8) is 0 Å². The summed E-state index contributed by atoms with van der Waals surface area (Å²) in [6.07, 6.45) is 0. The van der Waals surface area contributed by atoms with Gasteiger partial charge in [-0.25, -0.2) is 0 Å². The van der Waals surface area contributed by atoms with E-state index < -0.39 is 0 Å². The molecule has 0 spiro atoms. The van der Waals surface area contributed by atoms with Gasteiger partial charge in [-0.05, 0) is 19.1 Å². The first-order chi connectivity index (χ1) is 7.67. The van der Waals surface area contributed by atoms with Crippen LogP contribution in [0.1, 0.15) is 6.92 Å². The van der Waals surface area contributed by atoms with Gasteiger partial charge in [0.25, 0.3) is 0 Å². The van der Waals surface area contributed by atoms with Crippen LogP contribution in [0.2, 0.25) is 0 Å². The summed E-state index contributed by atoms with van der Waals surface area (Å²) >= 11 is 0. The Morgan fingerprint density at radius 2 is 2.25 bits per heavy atom. The minimum absolute atomic E-state index is 0.0448. The molecule has 0 fully saturated rings. The lowest BCUT2D eigenvalue weighted by atomic mass is 10.2. The zero-order chi connectivity index (χ0) is 12.0. The molecule has 0 aliphatic rings. The number of hydrogen-bond acceptors (Lipinski definition) is 4. The molecule has 0 radical (unpaired) electrons. The Labute approximate surface area is 94.5 Å². The molecular formula is C11H16N2O3. The molecule has 0 heterocycles. The van der Waals surface area contributed by atoms with Crippen molar-refractivity contribution in [2.75, 3.05) is 31.4 Å². The van der Waals surface area contributed by atoms with Crippen LogP contribution in [0.5, 0.6) is 5.75 Å². The van der Waals surface area contributed by atoms with Crippen molar-refractivity contribution in [1.82, 2.24) is 0 Å². The van der Waals surface area contributed by atoms with Crippen LogP contribution >= 0.6 is 0 Å². The van der Waals surface area contributed by atoms with E-state index in [-0.39, 0.29) is 12.5 Å². The summed E-state index contributed by atoms with van der Waals surface area (Å²) in [5.41, 5.74) is 6.82. The molecule has 5 heteroatoms. The predicted octanol–water partition coefficient (Wildman–Crippen LogP) is 1.25. The van der Waals surface area contributed by atoms with E-state index in [0.717, 1.165) is 0 Å². The maximum atomic E-state index is 11.3. The van der Waals surface area contributed by atoms with Gasteiger partial charge in [-0.2, -0.15) is 0 Å². The molecular weight excluding hydrogens is 208 g/mol. The second-order valence-electron chi connectivity index (χ2n) is 3.14. The molecule has 0 unspecified atom stereocenters. The second kappa shape index (κ2) is 5.97. The predicted molar refractivity (Wildman–Crippen MR) is 62.5 cm³/mol. The third-order valence-electron chi connectivity index (χ3n) is 1.95. The van der Waals surface area contributed by atoms with E-state index in [4.69, 9.17) is 15.2 Å². The van der Waals surface area contributed by atoms with Crippen LogP contribution in [0.4, 0.5) is 11.4 Å². The van der Waals surface area contributed by atoms with Gasteiger partial charge < -0.3 is 20.5 Å². The van der Waals surface area contributed by atoms with Gasteiger partial charge in [0.2, 0.25) is 5.91 Å². The van der Waals surface area contributed by atoms with Crippen LogP contribution in [-0.4, -0.2) is 26.2 Å². The fraction of sp³-hybridized carbons (Fsp3) is 0.364. The third kappa shape index (κ3) is 3.43. The number of rotatable bonds is 5. The highest BCUT2D eigenvalue weighted by molar-refractivity contribution is 5.92. The van der Waals surface area contributed by atoms with E-state index in [9.17, 15) is 4.79 Å². The standard InChI is InChI=1S/C11H16N2O3/c1-3-16-7-11(14)13-8-4-5-9(12)10(6-8)15-2/h4-6H,3,7,12H2,1-2H3,(H,13,14). The van der Waals surface area contributed by atoms with Gasteiger partial charge in [0, 0.05) is 18.4 Å². The monoisotopic (exact) mass is 224 g/mol. The molecule has 0 saturated carbocycles. The molecule has 5 nitrogen and oxygen atoms in total. The number of methoxy groups -OCH3 is 1. The normalized spacial score (nSPS) is 9.88. The fourth-order valence-electron chi connectivity index (χ4n) is 1.18. The van der Waals surface area contributed by atoms with Crippen LogP contribution < -0.4 is 15.8 Å². The number of hydrogen-bond donors (Lipinski definition) is 2. The zero-order valence-corrected chi connectivity index (χ0v) is 9.45. The number of amides is 1. The number of nitrogen functional groups attached to an aromatic ring is 1. The maximum Gasteiger partial charge on any atom is 0.250 e. The molecule has 3 N–H and O–H groups in total. The number of carbonyl (C=O) groups excluding carboxylic acids is 1. The molecule has 0 aliphatic carbocycles. The molecule has 1 rings (SSSR count). The van der Waals surface area contributed by atoms with Crippen molar-refractivity contribution >= 4 is 17.3 Å². The number of anilines is 2. The Bertz CT molecular complexity index is 366. The molecule has 0 atom stereocenters. The lowest BCUT2D eigenvalue weighted by molar-refractivity contribution is -0.120. The summed E-state index contributed by atoms with van der Waals surface area (Å²) in [6.45, 7) is 2.39. The smallest absolute Gasteiger partial charge is 0.250 e. The van der Waals surface area contributed by atoms with Crippen molar-refractivity contribution < 1.29 is 14.3 Å². The largest absolute Gasteiger partial charge is 0.495 e. The van der Waals surface area contributed by atoms with Gasteiger partial charge in [0.1, 0.15) is 12.4 Å². The first-order valence-corrected chi connectivity index (χ1v) is 4.98. The van der Waals surface area contributed by atoms with Crippen LogP contribution in [0.25, 0.3) is 0 Å². The van der Waals surface area contributed by atoms with E-state index in [1.54, 1.807) is 18.2 Å². The van der Waals surface area contributed by atoms with E-state index in [0.29, 0.717) is 23.7 Å². The molecule has 0 aliphatic heterocycles. The zero-order valence-electron chi connectivity index (χ0n) is 9.45. The minimum atomic E-state index is -0.200. The van der Waals surface area contributed by atoms with Gasteiger partial charge in [0.05, 0.1) is 12.8 Å². The van der Waals surface area contributed by atoms with E-state index in [1.165, 1.54) is 7.11 Å². The summed E-state index contributed by atoms with van der Waals surface area (Å²) in [6, 6.07) is 5.05. The Morgan fingerprint density at radius 1 is 1.50 bits per heavy atom. The van der Waals surface area contributed by atoms with Crippen molar-refractivity contribution in [1.29, 1.82) is 0 Å². The van der Waals surface area contributed by atoms with Crippen molar-refractivity contribution in [2.45, 2.75) is 6.92 Å². The van der Waals surface area contributed by atoms with E-state index in [2.05, 4.69) is 5.32 Å². The summed E-state index contributed by atoms with van der Waals surface area (Å²) in [4.78, 5) is 11.3. The molecule has 88 valence electrons. The molecule has 0 aromatic heterocycles. The van der Waals surface area contributed by atoms with Gasteiger partial charge in [0.15, 0.2) is 0 Å². The van der Waals surface area contributed by atoms with Crippen LogP contribution in [-0.2, 0) is 9.53 Å². The summed E-state index contributed by atoms with van der Waals surface area (Å²) < 4.78 is 10.0. The first-order valence-electron chi connectivity index (χ1n) is 4.98. The van der Waals surface area contributed by atoms with Crippen molar-refractivity contribution in [3.8, 4) is 5.75 Å². The lowest BCUT2D eigenvalue weighted by Gasteiger charge is -2.08. The van der Waals surface area contributed by atoms with Gasteiger partial charge in [-0.3, -0.25) is 4.79 Å². The number of nitrogens with two attached hydrogens (primary N) is 1. The third-order valence-corrected chi connectivity index (χ3v) is 1.95. The van der Waals surface area contributed by atoms with Crippen LogP contribution in [0.3, 0.4) is 0 Å². The van der Waals surface area contributed by atoms with E-state index >= 15 is 0 Å². The summed E-state index contributed by atoms with van der Waals surface area (Å²) in [5, 5.41) is 2.68. The number of nitrogens with one attached hydrogen (secondary N) is 1. The molecule has 0 saturated heterocycles. The maximum absolute atomic E-state index is 11.3. The topological polar surface area (TPSA) is 73.6 Å². The molecule has 1 aromatic carbocycles. The lowest BCUT2D eigenvalue weighted by Crippen LogP contribution is -2.18. The highest BCUT2D eigenvalue weighted by Crippen LogP contribution is 2.24. The Balaban J connectivity index is 2.63. The van der Waals surface area contributed by atoms with E-state index in [1.807, 2.05) is 6.92 Å². The van der Waals surface area contributed by atoms with Gasteiger partial charge >= 0.3 is 0 Å². The number of ether oxygens (including phenoxy) is 2. The summed E-state index contributed by atoms with van der Waals surface area (Å²) in [5.74, 6) is 0.336. The molecule has 16 heavy (non-hydrogen) atoms. The molecule has 0 bridgehead atoms. The number of carbonyl (C=O) groups is 1. The SMILES string of the molecule is CCOCC(=O)Nc1ccc(N)c(OC)c1. The molecule has 1 amide bonds. The summed E-state index contributed by atoms with van der Waals surface area (Å²) in [7, 11) is 1.53. The minimum Gasteiger partial charge on any atom is -0.495 e. The Hall–Kier alpha value is -1.75. The first kappa shape index (κ1) is 12.3. The highest BCUT2D eigenvalue weighted by atomic mass is 16.5. The average Bonchev–Trinajstić information content (AvgIpc) is 2.29. The fourth-order valence-corrected chi connectivity index (χ4v) is 1.18. The van der Waals surface area contributed by atoms with Crippen LogP contribution in [0, 0.1) is 0 Å². The average molecular weight is 224 g/mol. The second-order valence-corrected chi connectivity index (χ2v) is 3.14. The highest BCUT2D eigenvalue weighted by Gasteiger charge is 2.04. The van der Waals surface area contributed by atoms with Crippen molar-refractivity contribution in [3.05, 3.63) is 18.2 Å². The molecule has 1 aromatic rings. The Kier molecular flexibility index (Phi) is 4.60.